The Morgan fingerprint density at radius 3 is 1.78 bits per heavy atom. The molecule has 90 heavy (non-hydrogen) atoms. The molecule has 32 heteroatoms. The van der Waals surface area contributed by atoms with Gasteiger partial charge in [0.1, 0.15) is 21.6 Å². The Bertz CT molecular complexity index is 4150. The molecule has 2 unspecified atom stereocenters. The zero-order valence-electron chi connectivity index (χ0n) is 49.7. The van der Waals surface area contributed by atoms with Gasteiger partial charge in [-0.3, -0.25) is 37.5 Å². The molecule has 0 aliphatic carbocycles. The number of methoxy groups -OCH3 is 2. The fourth-order valence-electron chi connectivity index (χ4n) is 11.6. The minimum Gasteiger partial charge on any atom is -0.744 e. The quantitative estimate of drug-likeness (QED) is 0.0136. The van der Waals surface area contributed by atoms with Crippen LogP contribution in [0.3, 0.4) is 0 Å². The Hall–Kier alpha value is -6.21. The van der Waals surface area contributed by atoms with Gasteiger partial charge in [0.05, 0.1) is 65.5 Å². The lowest BCUT2D eigenvalue weighted by atomic mass is 9.74. The van der Waals surface area contributed by atoms with Crippen LogP contribution in [0.25, 0.3) is 21.5 Å². The number of rotatable bonds is 35. The van der Waals surface area contributed by atoms with Crippen LogP contribution in [-0.2, 0) is 99.5 Å². The van der Waals surface area contributed by atoms with Crippen LogP contribution < -0.4 is 10.2 Å². The maximum Gasteiger partial charge on any atom is 0.295 e. The Morgan fingerprint density at radius 2 is 1.19 bits per heavy atom. The van der Waals surface area contributed by atoms with Crippen molar-refractivity contribution in [3.05, 3.63) is 108 Å². The van der Waals surface area contributed by atoms with Crippen molar-refractivity contribution in [1.82, 2.24) is 10.2 Å². The van der Waals surface area contributed by atoms with Crippen LogP contribution in [0.4, 0.5) is 11.4 Å². The van der Waals surface area contributed by atoms with Gasteiger partial charge < -0.3 is 38.5 Å². The van der Waals surface area contributed by atoms with E-state index in [9.17, 15) is 79.2 Å². The molecule has 27 nitrogen and oxygen atoms in total. The van der Waals surface area contributed by atoms with Crippen molar-refractivity contribution in [2.75, 3.05) is 104 Å². The number of unbranched alkanes of at least 4 members (excludes halogenated alkanes) is 2. The third kappa shape index (κ3) is 17.1. The largest absolute Gasteiger partial charge is 0.744 e. The summed E-state index contributed by atoms with van der Waals surface area (Å²) in [6.07, 6.45) is 11.9. The van der Waals surface area contributed by atoms with Gasteiger partial charge in [0.25, 0.3) is 52.3 Å². The summed E-state index contributed by atoms with van der Waals surface area (Å²) in [7, 11) is -22.3. The van der Waals surface area contributed by atoms with Gasteiger partial charge in [-0.1, -0.05) is 30.7 Å². The van der Waals surface area contributed by atoms with E-state index in [1.807, 2.05) is 11.8 Å². The molecular formula is C58H72N4O23S5. The molecule has 492 valence electrons. The van der Waals surface area contributed by atoms with E-state index in [0.717, 1.165) is 29.2 Å². The van der Waals surface area contributed by atoms with E-state index in [1.54, 1.807) is 55.1 Å². The van der Waals surface area contributed by atoms with Crippen LogP contribution in [0.1, 0.15) is 69.9 Å². The van der Waals surface area contributed by atoms with Crippen molar-refractivity contribution in [2.24, 2.45) is 0 Å². The summed E-state index contributed by atoms with van der Waals surface area (Å²) in [4.78, 5) is 36.3. The summed E-state index contributed by atoms with van der Waals surface area (Å²) < 4.78 is 210. The van der Waals surface area contributed by atoms with E-state index in [4.69, 9.17) is 23.7 Å². The number of fused-ring (bicyclic) bond motifs is 6. The average Bonchev–Trinajstić information content (AvgIpc) is 1.52. The van der Waals surface area contributed by atoms with Gasteiger partial charge in [-0.15, -0.1) is 0 Å². The zero-order valence-corrected chi connectivity index (χ0v) is 53.8. The van der Waals surface area contributed by atoms with Crippen LogP contribution in [0, 0.1) is 0 Å². The first-order valence-corrected chi connectivity index (χ1v) is 35.7. The lowest BCUT2D eigenvalue weighted by Gasteiger charge is -2.31. The topological polar surface area (TPSA) is 394 Å². The molecule has 2 atom stereocenters. The number of hydrogen-bond acceptors (Lipinski definition) is 20. The summed E-state index contributed by atoms with van der Waals surface area (Å²) in [5, 5.41) is 2.44. The molecule has 3 aliphatic heterocycles. The number of hydrogen-bond donors (Lipinski definition) is 5. The Balaban J connectivity index is 1.32. The molecule has 5 N–H and O–H groups in total. The van der Waals surface area contributed by atoms with Gasteiger partial charge in [-0.2, -0.15) is 38.2 Å². The highest BCUT2D eigenvalue weighted by Crippen LogP contribution is 2.54. The number of ether oxygens (including phenoxy) is 5. The number of anilines is 1. The lowest BCUT2D eigenvalue weighted by molar-refractivity contribution is -0.441. The summed E-state index contributed by atoms with van der Waals surface area (Å²) >= 11 is 0. The fraction of sp³-hybridized carbons (Fsp3) is 0.448. The van der Waals surface area contributed by atoms with Gasteiger partial charge in [0, 0.05) is 98.9 Å². The number of nitrogens with zero attached hydrogens (tertiary/aromatic N) is 3. The second kappa shape index (κ2) is 29.6. The minimum atomic E-state index is -5.39. The van der Waals surface area contributed by atoms with Crippen molar-refractivity contribution in [1.29, 1.82) is 0 Å². The van der Waals surface area contributed by atoms with Gasteiger partial charge in [-0.25, -0.2) is 8.42 Å². The van der Waals surface area contributed by atoms with Crippen LogP contribution in [0.2, 0.25) is 0 Å². The molecule has 4 aromatic carbocycles. The first-order chi connectivity index (χ1) is 42.3. The SMILES string of the molecule is COCCOCCOCCOCCC1(C)\C(=C/C=C/C=C/C2=[N+](CCOC)c3ccc4c(S(=O)(=O)O)cc(S(=O)(=O)O)cc4c3C2(C)CCCS(=O)(=O)O)N(CCCCCC(=O)NCCN2C(=O)C=CC2=O)c2ccc3c(S(=O)(=O)[O-])cc(S(=O)(=O)O)cc3c21. The predicted molar refractivity (Wildman–Crippen MR) is 327 cm³/mol. The first-order valence-electron chi connectivity index (χ1n) is 28.3. The van der Waals surface area contributed by atoms with Gasteiger partial charge in [-0.05, 0) is 110 Å². The number of benzene rings is 4. The van der Waals surface area contributed by atoms with Gasteiger partial charge in [0.15, 0.2) is 12.3 Å². The van der Waals surface area contributed by atoms with Crippen molar-refractivity contribution >= 4 is 107 Å². The summed E-state index contributed by atoms with van der Waals surface area (Å²) in [6.45, 7) is 5.64. The smallest absolute Gasteiger partial charge is 0.295 e. The van der Waals surface area contributed by atoms with E-state index >= 15 is 0 Å². The van der Waals surface area contributed by atoms with E-state index in [-0.39, 0.29) is 118 Å². The molecule has 7 rings (SSSR count). The number of carbonyl (C=O) groups excluding carboxylic acids is 3. The molecule has 4 aromatic rings. The summed E-state index contributed by atoms with van der Waals surface area (Å²) in [5.74, 6) is -2.00. The van der Waals surface area contributed by atoms with Crippen LogP contribution in [0.15, 0.2) is 116 Å². The highest BCUT2D eigenvalue weighted by molar-refractivity contribution is 7.87. The third-order valence-electron chi connectivity index (χ3n) is 15.7. The van der Waals surface area contributed by atoms with Crippen molar-refractivity contribution in [3.8, 4) is 0 Å². The highest BCUT2D eigenvalue weighted by Gasteiger charge is 2.49. The second-order valence-corrected chi connectivity index (χ2v) is 28.9. The molecule has 3 amide bonds. The lowest BCUT2D eigenvalue weighted by Crippen LogP contribution is -2.38. The molecule has 0 saturated heterocycles. The maximum absolute atomic E-state index is 12.9. The minimum absolute atomic E-state index is 0.0139. The Morgan fingerprint density at radius 1 is 0.611 bits per heavy atom. The Labute approximate surface area is 522 Å². The third-order valence-corrected chi connectivity index (χ3v) is 20.0. The molecule has 3 heterocycles. The zero-order chi connectivity index (χ0) is 66.0. The van der Waals surface area contributed by atoms with Crippen molar-refractivity contribution < 1.29 is 107 Å². The monoisotopic (exact) mass is 1350 g/mol. The van der Waals surface area contributed by atoms with E-state index < -0.39 is 98.6 Å². The normalized spacial score (nSPS) is 18.7. The van der Waals surface area contributed by atoms with Crippen LogP contribution in [0.5, 0.6) is 0 Å². The standard InChI is InChI=1S/C58H72N4O23S5/c1-57(21-11-35-86(66,67)68)50(61(26-28-81-3)47-18-16-42-44(55(47)57)36-40(87(69,70)71)38-48(42)89(75,76)77)12-7-5-8-13-51-58(2,22-27-83-31-32-85-34-33-84-30-29-82-4)56-45-37-41(88(72,73)74)39-49(90(78,79)80)43(45)15-17-46(56)60(51)24-10-6-9-14-52(63)59-23-25-62-53(64)19-20-54(62)65/h5,7-8,12-13,15-20,36-39H,6,9-11,14,21-35H2,1-4H3,(H5-,59,63,66,67,68,69,70,71,72,73,74,75,76,77,78,79,80). The molecular weight excluding hydrogens is 1280 g/mol. The van der Waals surface area contributed by atoms with Crippen LogP contribution in [-0.4, -0.2) is 197 Å². The average molecular weight is 1350 g/mol. The number of allylic oxidation sites excluding steroid dienone is 6. The molecule has 0 radical (unpaired) electrons. The molecule has 0 bridgehead atoms. The molecule has 0 fully saturated rings. The predicted octanol–water partition coefficient (Wildman–Crippen LogP) is 4.77. The highest BCUT2D eigenvalue weighted by atomic mass is 32.2. The van der Waals surface area contributed by atoms with Crippen molar-refractivity contribution in [3.63, 3.8) is 0 Å². The summed E-state index contributed by atoms with van der Waals surface area (Å²) in [5.41, 5.74) is -0.0561. The number of carbonyl (C=O) groups is 3. The summed E-state index contributed by atoms with van der Waals surface area (Å²) in [6, 6.07) is 9.20. The van der Waals surface area contributed by atoms with E-state index in [0.29, 0.717) is 79.6 Å². The van der Waals surface area contributed by atoms with Gasteiger partial charge in [0.2, 0.25) is 11.6 Å². The second-order valence-electron chi connectivity index (χ2n) is 21.8. The number of amides is 3. The van der Waals surface area contributed by atoms with Crippen LogP contribution >= 0.6 is 0 Å². The van der Waals surface area contributed by atoms with E-state index in [1.165, 1.54) is 25.3 Å². The van der Waals surface area contributed by atoms with Gasteiger partial charge >= 0.3 is 0 Å². The molecule has 0 spiro atoms. The molecule has 0 saturated carbocycles. The molecule has 3 aliphatic rings. The first kappa shape index (κ1) is 71.2. The Kier molecular flexibility index (Phi) is 23.4. The maximum atomic E-state index is 12.9. The van der Waals surface area contributed by atoms with E-state index in [2.05, 4.69) is 5.32 Å². The fourth-order valence-corrected chi connectivity index (χ4v) is 14.8. The molecule has 0 aromatic heterocycles. The van der Waals surface area contributed by atoms with Crippen molar-refractivity contribution in [2.45, 2.75) is 89.2 Å². The number of nitrogens with one attached hydrogen (secondary N) is 1. The number of imide groups is 1.